The molecule has 2 aromatic heterocycles. The third kappa shape index (κ3) is 1.56. The van der Waals surface area contributed by atoms with Crippen LogP contribution >= 0.6 is 11.3 Å². The van der Waals surface area contributed by atoms with Crippen molar-refractivity contribution >= 4 is 39.2 Å². The molecule has 2 amide bonds. The topological polar surface area (TPSA) is 75.2 Å². The van der Waals surface area contributed by atoms with E-state index in [1.807, 2.05) is 11.4 Å². The molecule has 6 nitrogen and oxygen atoms in total. The molecule has 0 fully saturated rings. The van der Waals surface area contributed by atoms with Gasteiger partial charge >= 0.3 is 0 Å². The Bertz CT molecular complexity index is 691. The quantitative estimate of drug-likeness (QED) is 0.824. The molecule has 0 saturated carbocycles. The Balaban J connectivity index is 1.96. The average molecular weight is 260 g/mol. The lowest BCUT2D eigenvalue weighted by Gasteiger charge is -2.16. The minimum absolute atomic E-state index is 0.358. The van der Waals surface area contributed by atoms with Crippen LogP contribution in [0.25, 0.3) is 10.2 Å². The largest absolute Gasteiger partial charge is 0.275 e. The number of imide groups is 1. The Labute approximate surface area is 106 Å². The van der Waals surface area contributed by atoms with Crippen LogP contribution in [0.3, 0.4) is 0 Å². The first-order valence-corrected chi connectivity index (χ1v) is 6.06. The van der Waals surface area contributed by atoms with E-state index >= 15 is 0 Å². The fraction of sp³-hybridized carbons (Fsp3) is 0.0909. The standard InChI is InChI=1S/C11H8N4O2S/c1-6-4-8(16)15(11(6)17)14-10-9-7(2-3-18-9)12-5-13-10/h2-5H,1H3,(H,12,13,14). The van der Waals surface area contributed by atoms with E-state index in [4.69, 9.17) is 0 Å². The van der Waals surface area contributed by atoms with E-state index in [1.54, 1.807) is 6.92 Å². The van der Waals surface area contributed by atoms with Crippen molar-refractivity contribution in [3.8, 4) is 0 Å². The fourth-order valence-corrected chi connectivity index (χ4v) is 2.45. The van der Waals surface area contributed by atoms with Gasteiger partial charge in [0.1, 0.15) is 6.33 Å². The smallest absolute Gasteiger partial charge is 0.270 e. The van der Waals surface area contributed by atoms with Crippen molar-refractivity contribution in [2.45, 2.75) is 6.92 Å². The van der Waals surface area contributed by atoms with Gasteiger partial charge in [0.05, 0.1) is 10.2 Å². The van der Waals surface area contributed by atoms with Gasteiger partial charge < -0.3 is 0 Å². The van der Waals surface area contributed by atoms with Crippen molar-refractivity contribution in [1.29, 1.82) is 0 Å². The summed E-state index contributed by atoms with van der Waals surface area (Å²) in [5.41, 5.74) is 3.93. The number of amides is 2. The Morgan fingerprint density at radius 3 is 2.89 bits per heavy atom. The molecule has 0 unspecified atom stereocenters. The molecule has 3 heterocycles. The summed E-state index contributed by atoms with van der Waals surface area (Å²) in [7, 11) is 0. The van der Waals surface area contributed by atoms with Crippen molar-refractivity contribution in [3.05, 3.63) is 29.4 Å². The van der Waals surface area contributed by atoms with Gasteiger partial charge in [-0.2, -0.15) is 5.01 Å². The molecule has 18 heavy (non-hydrogen) atoms. The molecule has 0 radical (unpaired) electrons. The molecule has 2 aromatic rings. The third-order valence-corrected chi connectivity index (χ3v) is 3.47. The van der Waals surface area contributed by atoms with E-state index in [9.17, 15) is 9.59 Å². The number of nitrogens with one attached hydrogen (secondary N) is 1. The summed E-state index contributed by atoms with van der Waals surface area (Å²) >= 11 is 1.45. The molecular weight excluding hydrogens is 252 g/mol. The molecule has 1 aliphatic heterocycles. The Morgan fingerprint density at radius 2 is 2.17 bits per heavy atom. The molecular formula is C11H8N4O2S. The van der Waals surface area contributed by atoms with Gasteiger partial charge in [-0.05, 0) is 18.4 Å². The van der Waals surface area contributed by atoms with Gasteiger partial charge in [-0.25, -0.2) is 9.97 Å². The monoisotopic (exact) mass is 260 g/mol. The first-order chi connectivity index (χ1) is 8.66. The van der Waals surface area contributed by atoms with Gasteiger partial charge in [-0.3, -0.25) is 15.0 Å². The van der Waals surface area contributed by atoms with Crippen molar-refractivity contribution in [2.75, 3.05) is 5.43 Å². The number of nitrogens with zero attached hydrogens (tertiary/aromatic N) is 3. The summed E-state index contributed by atoms with van der Waals surface area (Å²) in [5, 5.41) is 2.83. The van der Waals surface area contributed by atoms with E-state index in [0.29, 0.717) is 11.4 Å². The first kappa shape index (κ1) is 10.8. The van der Waals surface area contributed by atoms with Gasteiger partial charge in [-0.15, -0.1) is 11.3 Å². The van der Waals surface area contributed by atoms with E-state index in [1.165, 1.54) is 23.7 Å². The minimum Gasteiger partial charge on any atom is -0.270 e. The Hall–Kier alpha value is -2.28. The molecule has 0 bridgehead atoms. The number of hydrazine groups is 1. The van der Waals surface area contributed by atoms with Crippen LogP contribution in [0, 0.1) is 0 Å². The third-order valence-electron chi connectivity index (χ3n) is 2.56. The van der Waals surface area contributed by atoms with Crippen LogP contribution in [0.5, 0.6) is 0 Å². The highest BCUT2D eigenvalue weighted by atomic mass is 32.1. The van der Waals surface area contributed by atoms with Crippen molar-refractivity contribution in [1.82, 2.24) is 15.0 Å². The zero-order valence-corrected chi connectivity index (χ0v) is 10.2. The number of carbonyl (C=O) groups excluding carboxylic acids is 2. The summed E-state index contributed by atoms with van der Waals surface area (Å²) < 4.78 is 0.808. The van der Waals surface area contributed by atoms with E-state index in [0.717, 1.165) is 15.2 Å². The highest BCUT2D eigenvalue weighted by molar-refractivity contribution is 7.17. The van der Waals surface area contributed by atoms with E-state index in [2.05, 4.69) is 15.4 Å². The SMILES string of the molecule is CC1=CC(=O)N(Nc2ncnc3ccsc23)C1=O. The van der Waals surface area contributed by atoms with Crippen LogP contribution in [0.1, 0.15) is 6.92 Å². The van der Waals surface area contributed by atoms with Crippen LogP contribution in [0.2, 0.25) is 0 Å². The van der Waals surface area contributed by atoms with Crippen molar-refractivity contribution in [2.24, 2.45) is 0 Å². The van der Waals surface area contributed by atoms with E-state index in [-0.39, 0.29) is 11.8 Å². The predicted octanol–water partition coefficient (Wildman–Crippen LogP) is 1.33. The van der Waals surface area contributed by atoms with Crippen LogP contribution in [0.4, 0.5) is 5.82 Å². The van der Waals surface area contributed by atoms with Gasteiger partial charge in [0.25, 0.3) is 11.8 Å². The summed E-state index contributed by atoms with van der Waals surface area (Å²) in [6.07, 6.45) is 2.69. The highest BCUT2D eigenvalue weighted by Gasteiger charge is 2.29. The van der Waals surface area contributed by atoms with E-state index < -0.39 is 0 Å². The lowest BCUT2D eigenvalue weighted by Crippen LogP contribution is -2.36. The first-order valence-electron chi connectivity index (χ1n) is 5.18. The zero-order valence-electron chi connectivity index (χ0n) is 9.38. The summed E-state index contributed by atoms with van der Waals surface area (Å²) in [4.78, 5) is 31.5. The predicted molar refractivity (Wildman–Crippen MR) is 66.6 cm³/mol. The highest BCUT2D eigenvalue weighted by Crippen LogP contribution is 2.26. The maximum atomic E-state index is 11.7. The molecule has 0 aromatic carbocycles. The number of hydrogen-bond acceptors (Lipinski definition) is 6. The maximum Gasteiger partial charge on any atom is 0.275 e. The van der Waals surface area contributed by atoms with Crippen molar-refractivity contribution in [3.63, 3.8) is 0 Å². The molecule has 0 aliphatic carbocycles. The number of hydrogen-bond donors (Lipinski definition) is 1. The van der Waals surface area contributed by atoms with Gasteiger partial charge in [0.15, 0.2) is 5.82 Å². The molecule has 0 atom stereocenters. The summed E-state index contributed by atoms with van der Waals surface area (Å²) in [5.74, 6) is -0.288. The normalized spacial score (nSPS) is 15.4. The molecule has 0 saturated heterocycles. The van der Waals surface area contributed by atoms with Crippen LogP contribution in [-0.2, 0) is 9.59 Å². The second kappa shape index (κ2) is 3.88. The van der Waals surface area contributed by atoms with Gasteiger partial charge in [0.2, 0.25) is 0 Å². The van der Waals surface area contributed by atoms with Gasteiger partial charge in [-0.1, -0.05) is 0 Å². The lowest BCUT2D eigenvalue weighted by molar-refractivity contribution is -0.135. The Kier molecular flexibility index (Phi) is 2.34. The number of fused-ring (bicyclic) bond motifs is 1. The molecule has 90 valence electrons. The number of carbonyl (C=O) groups is 2. The van der Waals surface area contributed by atoms with Crippen LogP contribution in [0.15, 0.2) is 29.4 Å². The molecule has 7 heteroatoms. The lowest BCUT2D eigenvalue weighted by atomic mass is 10.3. The van der Waals surface area contributed by atoms with Crippen LogP contribution in [-0.4, -0.2) is 26.8 Å². The average Bonchev–Trinajstić information content (AvgIpc) is 2.91. The van der Waals surface area contributed by atoms with Crippen molar-refractivity contribution < 1.29 is 9.59 Å². The number of thiophene rings is 1. The zero-order chi connectivity index (χ0) is 12.7. The molecule has 1 N–H and O–H groups in total. The molecule has 1 aliphatic rings. The minimum atomic E-state index is -0.388. The summed E-state index contributed by atoms with van der Waals surface area (Å²) in [6, 6.07) is 1.85. The second-order valence-electron chi connectivity index (χ2n) is 3.78. The fourth-order valence-electron chi connectivity index (χ4n) is 1.67. The van der Waals surface area contributed by atoms with Crippen LogP contribution < -0.4 is 5.43 Å². The number of rotatable bonds is 2. The molecule has 0 spiro atoms. The van der Waals surface area contributed by atoms with Gasteiger partial charge in [0, 0.05) is 11.6 Å². The number of aromatic nitrogens is 2. The molecule has 3 rings (SSSR count). The second-order valence-corrected chi connectivity index (χ2v) is 4.69. The maximum absolute atomic E-state index is 11.7. The Morgan fingerprint density at radius 1 is 1.33 bits per heavy atom. The summed E-state index contributed by atoms with van der Waals surface area (Å²) in [6.45, 7) is 1.60. The number of anilines is 1.